The van der Waals surface area contributed by atoms with Crippen molar-refractivity contribution < 1.29 is 4.79 Å². The number of amides is 1. The molecule has 2 heterocycles. The Hall–Kier alpha value is -2.76. The molecule has 1 aliphatic heterocycles. The average molecular weight is 431 g/mol. The van der Waals surface area contributed by atoms with Gasteiger partial charge in [0.05, 0.1) is 16.8 Å². The fourth-order valence-corrected chi connectivity index (χ4v) is 4.50. The Kier molecular flexibility index (Phi) is 6.87. The Bertz CT molecular complexity index is 1070. The number of hydrogen-bond acceptors (Lipinski definition) is 4. The van der Waals surface area contributed by atoms with E-state index in [1.807, 2.05) is 56.3 Å². The van der Waals surface area contributed by atoms with Crippen LogP contribution in [0.4, 0.5) is 0 Å². The van der Waals surface area contributed by atoms with Crippen LogP contribution in [-0.4, -0.2) is 59.0 Å². The number of carbonyl (C=O) groups excluding carboxylic acids is 1. The second kappa shape index (κ2) is 9.80. The number of aromatic nitrogens is 1. The van der Waals surface area contributed by atoms with Crippen LogP contribution in [0, 0.1) is 0 Å². The van der Waals surface area contributed by atoms with E-state index >= 15 is 0 Å². The highest BCUT2D eigenvalue weighted by atomic mass is 16.1. The summed E-state index contributed by atoms with van der Waals surface area (Å²) in [5, 5.41) is 4.05. The number of piperazine rings is 1. The maximum absolute atomic E-state index is 13.5. The van der Waals surface area contributed by atoms with Crippen molar-refractivity contribution in [2.75, 3.05) is 26.2 Å². The van der Waals surface area contributed by atoms with Crippen LogP contribution in [0.15, 0.2) is 54.6 Å². The van der Waals surface area contributed by atoms with Gasteiger partial charge in [0, 0.05) is 61.3 Å². The summed E-state index contributed by atoms with van der Waals surface area (Å²) < 4.78 is 0. The fourth-order valence-electron chi connectivity index (χ4n) is 4.50. The van der Waals surface area contributed by atoms with Gasteiger partial charge in [-0.2, -0.15) is 0 Å². The topological polar surface area (TPSA) is 48.5 Å². The zero-order chi connectivity index (χ0) is 22.7. The minimum atomic E-state index is -0.0217. The molecule has 1 N–H and O–H groups in total. The monoisotopic (exact) mass is 430 g/mol. The normalized spacial score (nSPS) is 15.6. The van der Waals surface area contributed by atoms with Crippen LogP contribution < -0.4 is 5.32 Å². The number of nitrogens with zero attached hydrogens (tertiary/aromatic N) is 3. The van der Waals surface area contributed by atoms with E-state index in [4.69, 9.17) is 4.98 Å². The Labute approximate surface area is 191 Å². The summed E-state index contributed by atoms with van der Waals surface area (Å²) in [4.78, 5) is 23.5. The summed E-state index contributed by atoms with van der Waals surface area (Å²) in [6.07, 6.45) is 0. The molecule has 168 valence electrons. The predicted molar refractivity (Wildman–Crippen MR) is 132 cm³/mol. The lowest BCUT2D eigenvalue weighted by Gasteiger charge is -2.37. The van der Waals surface area contributed by atoms with Crippen molar-refractivity contribution in [3.05, 3.63) is 65.7 Å². The standard InChI is InChI=1S/C27H34N4O/c1-19(2)28-27(32)25-22-12-8-9-13-24(22)29-26(21-10-6-5-7-11-21)23(25)18-30-14-16-31(17-15-30)20(3)4/h5-13,19-20H,14-18H2,1-4H3,(H,28,32). The smallest absolute Gasteiger partial charge is 0.252 e. The summed E-state index contributed by atoms with van der Waals surface area (Å²) >= 11 is 0. The van der Waals surface area contributed by atoms with Gasteiger partial charge < -0.3 is 5.32 Å². The number of nitrogens with one attached hydrogen (secondary N) is 1. The van der Waals surface area contributed by atoms with Crippen molar-refractivity contribution in [2.24, 2.45) is 0 Å². The minimum absolute atomic E-state index is 0.0217. The van der Waals surface area contributed by atoms with E-state index in [1.54, 1.807) is 0 Å². The van der Waals surface area contributed by atoms with E-state index in [1.165, 1.54) is 0 Å². The van der Waals surface area contributed by atoms with E-state index < -0.39 is 0 Å². The number of rotatable bonds is 6. The zero-order valence-corrected chi connectivity index (χ0v) is 19.6. The predicted octanol–water partition coefficient (Wildman–Crippen LogP) is 4.57. The molecule has 1 aliphatic rings. The quantitative estimate of drug-likeness (QED) is 0.623. The highest BCUT2D eigenvalue weighted by Gasteiger charge is 2.25. The first-order valence-electron chi connectivity index (χ1n) is 11.7. The molecule has 0 atom stereocenters. The molecule has 1 amide bonds. The number of benzene rings is 2. The molecule has 1 aromatic heterocycles. The van der Waals surface area contributed by atoms with Crippen molar-refractivity contribution in [1.82, 2.24) is 20.1 Å². The molecule has 2 aromatic carbocycles. The van der Waals surface area contributed by atoms with Crippen LogP contribution in [0.5, 0.6) is 0 Å². The highest BCUT2D eigenvalue weighted by Crippen LogP contribution is 2.31. The maximum Gasteiger partial charge on any atom is 0.252 e. The summed E-state index contributed by atoms with van der Waals surface area (Å²) in [7, 11) is 0. The summed E-state index contributed by atoms with van der Waals surface area (Å²) in [5.41, 5.74) is 4.59. The largest absolute Gasteiger partial charge is 0.350 e. The van der Waals surface area contributed by atoms with Crippen molar-refractivity contribution in [2.45, 2.75) is 46.3 Å². The summed E-state index contributed by atoms with van der Waals surface area (Å²) in [6.45, 7) is 13.3. The number of pyridine rings is 1. The minimum Gasteiger partial charge on any atom is -0.350 e. The highest BCUT2D eigenvalue weighted by molar-refractivity contribution is 6.09. The van der Waals surface area contributed by atoms with Gasteiger partial charge in [-0.3, -0.25) is 14.6 Å². The summed E-state index contributed by atoms with van der Waals surface area (Å²) in [6, 6.07) is 18.9. The van der Waals surface area contributed by atoms with E-state index in [0.717, 1.165) is 66.0 Å². The van der Waals surface area contributed by atoms with E-state index in [-0.39, 0.29) is 11.9 Å². The molecule has 32 heavy (non-hydrogen) atoms. The first-order chi connectivity index (χ1) is 15.4. The van der Waals surface area contributed by atoms with Crippen LogP contribution in [0.3, 0.4) is 0 Å². The second-order valence-electron chi connectivity index (χ2n) is 9.23. The Morgan fingerprint density at radius 2 is 1.59 bits per heavy atom. The molecule has 1 saturated heterocycles. The van der Waals surface area contributed by atoms with Gasteiger partial charge in [-0.1, -0.05) is 48.5 Å². The van der Waals surface area contributed by atoms with Crippen molar-refractivity contribution in [3.63, 3.8) is 0 Å². The lowest BCUT2D eigenvalue weighted by atomic mass is 9.95. The van der Waals surface area contributed by atoms with Gasteiger partial charge in [-0.25, -0.2) is 4.98 Å². The first-order valence-corrected chi connectivity index (χ1v) is 11.7. The van der Waals surface area contributed by atoms with Crippen LogP contribution in [-0.2, 0) is 6.54 Å². The van der Waals surface area contributed by atoms with Crippen molar-refractivity contribution in [1.29, 1.82) is 0 Å². The van der Waals surface area contributed by atoms with Crippen LogP contribution in [0.2, 0.25) is 0 Å². The molecule has 1 fully saturated rings. The van der Waals surface area contributed by atoms with Gasteiger partial charge in [0.15, 0.2) is 0 Å². The third-order valence-corrected chi connectivity index (χ3v) is 6.21. The van der Waals surface area contributed by atoms with Gasteiger partial charge in [-0.15, -0.1) is 0 Å². The molecule has 3 aromatic rings. The number of para-hydroxylation sites is 1. The van der Waals surface area contributed by atoms with Gasteiger partial charge in [0.2, 0.25) is 0 Å². The Morgan fingerprint density at radius 3 is 2.25 bits per heavy atom. The van der Waals surface area contributed by atoms with Crippen molar-refractivity contribution >= 4 is 16.8 Å². The third-order valence-electron chi connectivity index (χ3n) is 6.21. The fraction of sp³-hybridized carbons (Fsp3) is 0.407. The van der Waals surface area contributed by atoms with E-state index in [0.29, 0.717) is 6.04 Å². The van der Waals surface area contributed by atoms with Gasteiger partial charge >= 0.3 is 0 Å². The molecule has 0 saturated carbocycles. The molecule has 0 radical (unpaired) electrons. The average Bonchev–Trinajstić information content (AvgIpc) is 2.79. The number of hydrogen-bond donors (Lipinski definition) is 1. The molecular weight excluding hydrogens is 396 g/mol. The van der Waals surface area contributed by atoms with Crippen molar-refractivity contribution in [3.8, 4) is 11.3 Å². The Morgan fingerprint density at radius 1 is 0.938 bits per heavy atom. The van der Waals surface area contributed by atoms with Gasteiger partial charge in [0.1, 0.15) is 0 Å². The second-order valence-corrected chi connectivity index (χ2v) is 9.23. The van der Waals surface area contributed by atoms with E-state index in [2.05, 4.69) is 41.1 Å². The molecule has 5 heteroatoms. The van der Waals surface area contributed by atoms with Gasteiger partial charge in [0.25, 0.3) is 5.91 Å². The lowest BCUT2D eigenvalue weighted by Crippen LogP contribution is -2.48. The molecule has 5 nitrogen and oxygen atoms in total. The number of fused-ring (bicyclic) bond motifs is 1. The molecule has 0 unspecified atom stereocenters. The van der Waals surface area contributed by atoms with Crippen LogP contribution in [0.25, 0.3) is 22.2 Å². The molecule has 4 rings (SSSR count). The lowest BCUT2D eigenvalue weighted by molar-refractivity contribution is 0.0934. The molecule has 0 aliphatic carbocycles. The first kappa shape index (κ1) is 22.4. The van der Waals surface area contributed by atoms with Crippen LogP contribution >= 0.6 is 0 Å². The van der Waals surface area contributed by atoms with Gasteiger partial charge in [-0.05, 0) is 33.8 Å². The molecular formula is C27H34N4O. The third kappa shape index (κ3) is 4.84. The Balaban J connectivity index is 1.83. The van der Waals surface area contributed by atoms with Crippen LogP contribution in [0.1, 0.15) is 43.6 Å². The maximum atomic E-state index is 13.5. The van der Waals surface area contributed by atoms with E-state index in [9.17, 15) is 4.79 Å². The molecule has 0 bridgehead atoms. The summed E-state index contributed by atoms with van der Waals surface area (Å²) in [5.74, 6) is -0.0217. The number of carbonyl (C=O) groups is 1. The molecule has 0 spiro atoms. The zero-order valence-electron chi connectivity index (χ0n) is 19.6. The SMILES string of the molecule is CC(C)NC(=O)c1c(CN2CCN(C(C)C)CC2)c(-c2ccccc2)nc2ccccc12.